The highest BCUT2D eigenvalue weighted by atomic mass is 16.6. The van der Waals surface area contributed by atoms with Gasteiger partial charge < -0.3 is 5.11 Å². The van der Waals surface area contributed by atoms with Crippen molar-refractivity contribution < 1.29 is 19.6 Å². The summed E-state index contributed by atoms with van der Waals surface area (Å²) in [4.78, 5) is 43.4. The van der Waals surface area contributed by atoms with Gasteiger partial charge in [0.2, 0.25) is 0 Å². The summed E-state index contributed by atoms with van der Waals surface area (Å²) >= 11 is 0. The van der Waals surface area contributed by atoms with E-state index in [9.17, 15) is 24.5 Å². The standard InChI is InChI=1S/C11H7N3O6/c15-5-8-9(11(17)18)12-13(10(8)16)6-1-3-7(4-2-6)14(19)20/h1-5,12H,(H,17,18). The van der Waals surface area contributed by atoms with Gasteiger partial charge in [-0.05, 0) is 12.1 Å². The Kier molecular flexibility index (Phi) is 3.17. The number of aldehydes is 1. The van der Waals surface area contributed by atoms with Gasteiger partial charge >= 0.3 is 5.97 Å². The number of aromatic nitrogens is 2. The Morgan fingerprint density at radius 1 is 1.35 bits per heavy atom. The lowest BCUT2D eigenvalue weighted by Crippen LogP contribution is -2.17. The normalized spacial score (nSPS) is 10.2. The number of benzene rings is 1. The van der Waals surface area contributed by atoms with E-state index in [1.807, 2.05) is 0 Å². The van der Waals surface area contributed by atoms with Gasteiger partial charge in [-0.2, -0.15) is 0 Å². The van der Waals surface area contributed by atoms with Crippen molar-refractivity contribution in [1.29, 1.82) is 0 Å². The van der Waals surface area contributed by atoms with Gasteiger partial charge in [0.05, 0.1) is 10.6 Å². The summed E-state index contributed by atoms with van der Waals surface area (Å²) in [6.07, 6.45) is 0.143. The van der Waals surface area contributed by atoms with Gasteiger partial charge in [0, 0.05) is 12.1 Å². The minimum absolute atomic E-state index is 0.143. The van der Waals surface area contributed by atoms with Gasteiger partial charge in [-0.3, -0.25) is 24.8 Å². The molecule has 1 heterocycles. The molecule has 0 spiro atoms. The number of nitro benzene ring substituents is 1. The Morgan fingerprint density at radius 3 is 2.35 bits per heavy atom. The number of carboxylic acids is 1. The second kappa shape index (κ2) is 4.80. The predicted octanol–water partition coefficient (Wildman–Crippen LogP) is 0.584. The minimum Gasteiger partial charge on any atom is -0.477 e. The summed E-state index contributed by atoms with van der Waals surface area (Å²) in [5, 5.41) is 21.7. The molecule has 0 aliphatic heterocycles. The first kappa shape index (κ1) is 13.2. The molecule has 1 aromatic carbocycles. The molecule has 102 valence electrons. The van der Waals surface area contributed by atoms with Crippen LogP contribution in [0.4, 0.5) is 5.69 Å². The second-order valence-corrected chi connectivity index (χ2v) is 3.74. The number of nitrogens with zero attached hydrogens (tertiary/aromatic N) is 2. The lowest BCUT2D eigenvalue weighted by molar-refractivity contribution is -0.384. The third-order valence-electron chi connectivity index (χ3n) is 2.58. The van der Waals surface area contributed by atoms with Gasteiger partial charge in [0.25, 0.3) is 11.2 Å². The van der Waals surface area contributed by atoms with Crippen LogP contribution in [-0.2, 0) is 0 Å². The fourth-order valence-electron chi connectivity index (χ4n) is 1.63. The highest BCUT2D eigenvalue weighted by molar-refractivity contribution is 5.95. The Hall–Kier alpha value is -3.23. The zero-order valence-electron chi connectivity index (χ0n) is 9.77. The maximum absolute atomic E-state index is 11.8. The Morgan fingerprint density at radius 2 is 1.95 bits per heavy atom. The molecule has 0 bridgehead atoms. The predicted molar refractivity (Wildman–Crippen MR) is 65.4 cm³/mol. The third kappa shape index (κ3) is 2.07. The Balaban J connectivity index is 2.58. The van der Waals surface area contributed by atoms with E-state index in [1.165, 1.54) is 12.1 Å². The van der Waals surface area contributed by atoms with E-state index in [0.717, 1.165) is 16.8 Å². The highest BCUT2D eigenvalue weighted by Gasteiger charge is 2.20. The van der Waals surface area contributed by atoms with Crippen LogP contribution in [0.2, 0.25) is 0 Å². The van der Waals surface area contributed by atoms with Gasteiger partial charge in [0.1, 0.15) is 5.56 Å². The van der Waals surface area contributed by atoms with E-state index in [0.29, 0.717) is 0 Å². The Labute approximate surface area is 110 Å². The highest BCUT2D eigenvalue weighted by Crippen LogP contribution is 2.14. The fraction of sp³-hybridized carbons (Fsp3) is 0. The van der Waals surface area contributed by atoms with Crippen molar-refractivity contribution in [2.24, 2.45) is 0 Å². The molecule has 2 N–H and O–H groups in total. The van der Waals surface area contributed by atoms with Crippen LogP contribution >= 0.6 is 0 Å². The molecule has 0 saturated carbocycles. The number of non-ortho nitro benzene ring substituents is 1. The van der Waals surface area contributed by atoms with Gasteiger partial charge in [-0.15, -0.1) is 0 Å². The van der Waals surface area contributed by atoms with E-state index >= 15 is 0 Å². The molecule has 0 amide bonds. The van der Waals surface area contributed by atoms with E-state index < -0.39 is 27.7 Å². The lowest BCUT2D eigenvalue weighted by atomic mass is 10.2. The minimum atomic E-state index is -1.45. The van der Waals surface area contributed by atoms with Crippen LogP contribution in [0.5, 0.6) is 0 Å². The summed E-state index contributed by atoms with van der Waals surface area (Å²) in [7, 11) is 0. The average molecular weight is 277 g/mol. The van der Waals surface area contributed by atoms with Crippen molar-refractivity contribution in [2.75, 3.05) is 0 Å². The molecule has 2 aromatic rings. The summed E-state index contributed by atoms with van der Waals surface area (Å²) < 4.78 is 0.830. The van der Waals surface area contributed by atoms with Gasteiger partial charge in [-0.25, -0.2) is 9.48 Å². The number of hydrogen-bond acceptors (Lipinski definition) is 5. The van der Waals surface area contributed by atoms with Crippen molar-refractivity contribution in [3.63, 3.8) is 0 Å². The molecule has 2 rings (SSSR count). The average Bonchev–Trinajstić information content (AvgIpc) is 2.76. The van der Waals surface area contributed by atoms with E-state index in [2.05, 4.69) is 5.10 Å². The molecular weight excluding hydrogens is 270 g/mol. The van der Waals surface area contributed by atoms with Crippen LogP contribution in [0.3, 0.4) is 0 Å². The van der Waals surface area contributed by atoms with Crippen LogP contribution < -0.4 is 5.56 Å². The number of carboxylic acid groups (broad SMARTS) is 1. The lowest BCUT2D eigenvalue weighted by Gasteiger charge is -2.00. The molecule has 1 aromatic heterocycles. The number of aromatic carboxylic acids is 1. The van der Waals surface area contributed by atoms with E-state index in [4.69, 9.17) is 5.11 Å². The summed E-state index contributed by atoms with van der Waals surface area (Å²) in [5.41, 5.74) is -1.90. The number of carbonyl (C=O) groups excluding carboxylic acids is 1. The number of nitrogens with one attached hydrogen (secondary N) is 1. The van der Waals surface area contributed by atoms with Crippen LogP contribution in [0.1, 0.15) is 20.8 Å². The molecule has 9 nitrogen and oxygen atoms in total. The third-order valence-corrected chi connectivity index (χ3v) is 2.58. The molecule has 0 radical (unpaired) electrons. The van der Waals surface area contributed by atoms with E-state index in [-0.39, 0.29) is 17.7 Å². The topological polar surface area (TPSA) is 135 Å². The molecule has 0 saturated heterocycles. The maximum atomic E-state index is 11.8. The number of nitro groups is 1. The SMILES string of the molecule is O=Cc1c(C(=O)O)[nH]n(-c2ccc([N+](=O)[O-])cc2)c1=O. The largest absolute Gasteiger partial charge is 0.477 e. The molecule has 0 aliphatic carbocycles. The number of hydrogen-bond donors (Lipinski definition) is 2. The molecule has 0 atom stereocenters. The van der Waals surface area contributed by atoms with Crippen molar-refractivity contribution in [2.45, 2.75) is 0 Å². The monoisotopic (exact) mass is 277 g/mol. The van der Waals surface area contributed by atoms with Crippen LogP contribution in [0.25, 0.3) is 5.69 Å². The molecule has 0 fully saturated rings. The molecule has 0 unspecified atom stereocenters. The van der Waals surface area contributed by atoms with Crippen molar-refractivity contribution >= 4 is 17.9 Å². The molecule has 0 aliphatic rings. The molecular formula is C11H7N3O6. The smallest absolute Gasteiger partial charge is 0.354 e. The summed E-state index contributed by atoms with van der Waals surface area (Å²) in [5.74, 6) is -1.45. The molecule has 9 heteroatoms. The van der Waals surface area contributed by atoms with Crippen molar-refractivity contribution in [3.05, 3.63) is 56.0 Å². The van der Waals surface area contributed by atoms with E-state index in [1.54, 1.807) is 0 Å². The molecule has 20 heavy (non-hydrogen) atoms. The fourth-order valence-corrected chi connectivity index (χ4v) is 1.63. The van der Waals surface area contributed by atoms with Gasteiger partial charge in [0.15, 0.2) is 12.0 Å². The number of carbonyl (C=O) groups is 2. The van der Waals surface area contributed by atoms with Crippen molar-refractivity contribution in [1.82, 2.24) is 9.78 Å². The van der Waals surface area contributed by atoms with Crippen LogP contribution in [0.15, 0.2) is 29.1 Å². The first-order valence-corrected chi connectivity index (χ1v) is 5.24. The van der Waals surface area contributed by atoms with Gasteiger partial charge in [-0.1, -0.05) is 0 Å². The Bertz CT molecular complexity index is 755. The number of H-pyrrole nitrogens is 1. The van der Waals surface area contributed by atoms with Crippen molar-refractivity contribution in [3.8, 4) is 5.69 Å². The van der Waals surface area contributed by atoms with Crippen LogP contribution in [-0.4, -0.2) is 32.1 Å². The quantitative estimate of drug-likeness (QED) is 0.476. The number of aromatic amines is 1. The zero-order chi connectivity index (χ0) is 14.9. The number of rotatable bonds is 4. The summed E-state index contributed by atoms with van der Waals surface area (Å²) in [6, 6.07) is 4.83. The second-order valence-electron chi connectivity index (χ2n) is 3.74. The zero-order valence-corrected chi connectivity index (χ0v) is 9.77. The summed E-state index contributed by atoms with van der Waals surface area (Å²) in [6.45, 7) is 0. The first-order chi connectivity index (χ1) is 9.45. The van der Waals surface area contributed by atoms with Crippen LogP contribution in [0, 0.1) is 10.1 Å². The first-order valence-electron chi connectivity index (χ1n) is 5.24. The maximum Gasteiger partial charge on any atom is 0.354 e.